The Labute approximate surface area is 118 Å². The van der Waals surface area contributed by atoms with Gasteiger partial charge in [-0.25, -0.2) is 4.79 Å². The lowest BCUT2D eigenvalue weighted by molar-refractivity contribution is -0.903. The molecule has 1 aromatic rings. The van der Waals surface area contributed by atoms with Crippen LogP contribution in [-0.2, 0) is 16.1 Å². The van der Waals surface area contributed by atoms with Crippen LogP contribution >= 0.6 is 0 Å². The molecule has 0 aliphatic carbocycles. The molecule has 1 saturated heterocycles. The minimum atomic E-state index is -0.118. The summed E-state index contributed by atoms with van der Waals surface area (Å²) in [5, 5.41) is 0. The van der Waals surface area contributed by atoms with Crippen molar-refractivity contribution in [1.82, 2.24) is 4.57 Å². The zero-order valence-corrected chi connectivity index (χ0v) is 11.8. The number of esters is 1. The van der Waals surface area contributed by atoms with Gasteiger partial charge in [0.25, 0.3) is 5.56 Å². The highest BCUT2D eigenvalue weighted by molar-refractivity contribution is 5.70. The second-order valence-electron chi connectivity index (χ2n) is 5.84. The smallest absolute Gasteiger partial charge is 0.361 e. The standard InChI is InChI=1S/C15H20N2O3/c1-2-20-15(19)10-16-7-11-6-12(9-16)13-4-3-5-14(18)17(13)8-11/h3-5,11-12H,2,6-10H2,1H3/p+1/t11-,12+/m0/s1. The molecule has 108 valence electrons. The lowest BCUT2D eigenvalue weighted by Crippen LogP contribution is -3.15. The fourth-order valence-electron chi connectivity index (χ4n) is 3.68. The van der Waals surface area contributed by atoms with Gasteiger partial charge in [0.1, 0.15) is 0 Å². The van der Waals surface area contributed by atoms with Crippen LogP contribution < -0.4 is 10.5 Å². The van der Waals surface area contributed by atoms with Crippen LogP contribution in [0.25, 0.3) is 0 Å². The number of piperidine rings is 1. The Morgan fingerprint density at radius 1 is 1.45 bits per heavy atom. The van der Waals surface area contributed by atoms with E-state index in [4.69, 9.17) is 4.74 Å². The van der Waals surface area contributed by atoms with Gasteiger partial charge >= 0.3 is 5.97 Å². The Kier molecular flexibility index (Phi) is 3.61. The van der Waals surface area contributed by atoms with Crippen molar-refractivity contribution in [1.29, 1.82) is 0 Å². The minimum Gasteiger partial charge on any atom is -0.462 e. The summed E-state index contributed by atoms with van der Waals surface area (Å²) in [6.45, 7) is 5.38. The Balaban J connectivity index is 1.77. The number of carbonyl (C=O) groups excluding carboxylic acids is 1. The van der Waals surface area contributed by atoms with Gasteiger partial charge in [0.05, 0.1) is 19.7 Å². The second kappa shape index (κ2) is 5.40. The molecular formula is C15H21N2O3+. The highest BCUT2D eigenvalue weighted by Gasteiger charge is 2.37. The molecule has 0 radical (unpaired) electrons. The molecule has 3 atom stereocenters. The van der Waals surface area contributed by atoms with Crippen molar-refractivity contribution in [2.45, 2.75) is 25.8 Å². The molecule has 1 N–H and O–H groups in total. The molecule has 0 aromatic carbocycles. The first-order valence-electron chi connectivity index (χ1n) is 7.36. The van der Waals surface area contributed by atoms with Gasteiger partial charge < -0.3 is 14.2 Å². The zero-order chi connectivity index (χ0) is 14.1. The van der Waals surface area contributed by atoms with E-state index in [0.717, 1.165) is 31.7 Å². The molecule has 2 aliphatic heterocycles. The van der Waals surface area contributed by atoms with Gasteiger partial charge in [0.2, 0.25) is 0 Å². The number of fused-ring (bicyclic) bond motifs is 4. The molecule has 1 fully saturated rings. The van der Waals surface area contributed by atoms with E-state index < -0.39 is 0 Å². The number of carbonyl (C=O) groups is 1. The van der Waals surface area contributed by atoms with E-state index in [0.29, 0.717) is 25.0 Å². The van der Waals surface area contributed by atoms with E-state index in [1.54, 1.807) is 6.07 Å². The van der Waals surface area contributed by atoms with Gasteiger partial charge in [-0.05, 0) is 19.4 Å². The van der Waals surface area contributed by atoms with Gasteiger partial charge in [-0.15, -0.1) is 0 Å². The zero-order valence-electron chi connectivity index (χ0n) is 11.8. The number of hydrogen-bond acceptors (Lipinski definition) is 3. The van der Waals surface area contributed by atoms with E-state index in [1.807, 2.05) is 17.6 Å². The first-order chi connectivity index (χ1) is 9.67. The molecule has 0 spiro atoms. The van der Waals surface area contributed by atoms with Crippen LogP contribution in [0.4, 0.5) is 0 Å². The monoisotopic (exact) mass is 277 g/mol. The lowest BCUT2D eigenvalue weighted by atomic mass is 9.83. The summed E-state index contributed by atoms with van der Waals surface area (Å²) >= 11 is 0. The number of quaternary nitrogens is 1. The third-order valence-electron chi connectivity index (χ3n) is 4.37. The summed E-state index contributed by atoms with van der Waals surface area (Å²) in [6.07, 6.45) is 1.13. The third-order valence-corrected chi connectivity index (χ3v) is 4.37. The van der Waals surface area contributed by atoms with Crippen molar-refractivity contribution in [3.8, 4) is 0 Å². The Hall–Kier alpha value is -1.62. The van der Waals surface area contributed by atoms with Gasteiger partial charge in [-0.2, -0.15) is 0 Å². The average molecular weight is 277 g/mol. The molecule has 1 unspecified atom stereocenters. The molecule has 5 heteroatoms. The Morgan fingerprint density at radius 2 is 2.30 bits per heavy atom. The summed E-state index contributed by atoms with van der Waals surface area (Å²) in [6, 6.07) is 5.53. The summed E-state index contributed by atoms with van der Waals surface area (Å²) in [5.41, 5.74) is 1.24. The maximum absolute atomic E-state index is 11.9. The first kappa shape index (κ1) is 13.4. The van der Waals surface area contributed by atoms with Gasteiger partial charge in [0.15, 0.2) is 6.54 Å². The molecule has 20 heavy (non-hydrogen) atoms. The molecule has 1 aromatic heterocycles. The van der Waals surface area contributed by atoms with E-state index in [9.17, 15) is 9.59 Å². The van der Waals surface area contributed by atoms with Crippen molar-refractivity contribution in [2.75, 3.05) is 26.2 Å². The SMILES string of the molecule is CCOC(=O)C[NH+]1C[C@@H]2C[C@H](C1)c1cccc(=O)n1C2. The number of likely N-dealkylation sites (tertiary alicyclic amines) is 1. The topological polar surface area (TPSA) is 52.7 Å². The summed E-state index contributed by atoms with van der Waals surface area (Å²) in [7, 11) is 0. The molecule has 2 aliphatic rings. The number of hydrogen-bond donors (Lipinski definition) is 1. The van der Waals surface area contributed by atoms with Crippen molar-refractivity contribution in [3.05, 3.63) is 34.2 Å². The van der Waals surface area contributed by atoms with Gasteiger partial charge in [0, 0.05) is 30.1 Å². The predicted octanol–water partition coefficient (Wildman–Crippen LogP) is -0.587. The van der Waals surface area contributed by atoms with Gasteiger partial charge in [-0.3, -0.25) is 4.79 Å². The highest BCUT2D eigenvalue weighted by atomic mass is 16.5. The molecule has 3 rings (SSSR count). The van der Waals surface area contributed by atoms with Crippen LogP contribution in [0.5, 0.6) is 0 Å². The molecule has 5 nitrogen and oxygen atoms in total. The van der Waals surface area contributed by atoms with E-state index in [2.05, 4.69) is 6.07 Å². The first-order valence-corrected chi connectivity index (χ1v) is 7.36. The van der Waals surface area contributed by atoms with Crippen molar-refractivity contribution < 1.29 is 14.4 Å². The van der Waals surface area contributed by atoms with Crippen molar-refractivity contribution in [2.24, 2.45) is 5.92 Å². The lowest BCUT2D eigenvalue weighted by Gasteiger charge is -2.39. The van der Waals surface area contributed by atoms with Crippen molar-refractivity contribution in [3.63, 3.8) is 0 Å². The van der Waals surface area contributed by atoms with Crippen LogP contribution in [0.2, 0.25) is 0 Å². The van der Waals surface area contributed by atoms with Gasteiger partial charge in [-0.1, -0.05) is 6.07 Å². The van der Waals surface area contributed by atoms with Crippen LogP contribution in [0, 0.1) is 5.92 Å². The number of pyridine rings is 1. The molecule has 3 heterocycles. The van der Waals surface area contributed by atoms with E-state index in [-0.39, 0.29) is 11.5 Å². The minimum absolute atomic E-state index is 0.103. The van der Waals surface area contributed by atoms with Crippen LogP contribution in [0.15, 0.2) is 23.0 Å². The molecular weight excluding hydrogens is 256 g/mol. The average Bonchev–Trinajstić information content (AvgIpc) is 2.40. The number of aromatic nitrogens is 1. The number of nitrogens with one attached hydrogen (secondary N) is 1. The van der Waals surface area contributed by atoms with Crippen molar-refractivity contribution >= 4 is 5.97 Å². The summed E-state index contributed by atoms with van der Waals surface area (Å²) in [4.78, 5) is 24.8. The molecule has 0 saturated carbocycles. The van der Waals surface area contributed by atoms with E-state index in [1.165, 1.54) is 4.90 Å². The number of ether oxygens (including phenoxy) is 1. The summed E-state index contributed by atoms with van der Waals surface area (Å²) < 4.78 is 6.96. The number of nitrogens with zero attached hydrogens (tertiary/aromatic N) is 1. The predicted molar refractivity (Wildman–Crippen MR) is 73.7 cm³/mol. The summed E-state index contributed by atoms with van der Waals surface area (Å²) in [5.74, 6) is 0.763. The van der Waals surface area contributed by atoms with Crippen LogP contribution in [0.1, 0.15) is 25.0 Å². The van der Waals surface area contributed by atoms with E-state index >= 15 is 0 Å². The Morgan fingerprint density at radius 3 is 3.10 bits per heavy atom. The molecule has 0 amide bonds. The highest BCUT2D eigenvalue weighted by Crippen LogP contribution is 2.29. The normalized spacial score (nSPS) is 27.8. The van der Waals surface area contributed by atoms with Crippen LogP contribution in [-0.4, -0.2) is 36.8 Å². The quantitative estimate of drug-likeness (QED) is 0.752. The largest absolute Gasteiger partial charge is 0.462 e. The number of rotatable bonds is 3. The van der Waals surface area contributed by atoms with Crippen LogP contribution in [0.3, 0.4) is 0 Å². The Bertz CT molecular complexity index is 566. The third kappa shape index (κ3) is 2.50. The fraction of sp³-hybridized carbons (Fsp3) is 0.600. The maximum Gasteiger partial charge on any atom is 0.361 e. The fourth-order valence-corrected chi connectivity index (χ4v) is 3.68. The second-order valence-corrected chi connectivity index (χ2v) is 5.84. The molecule has 2 bridgehead atoms. The maximum atomic E-state index is 11.9.